The first kappa shape index (κ1) is 16.0. The van der Waals surface area contributed by atoms with E-state index in [0.717, 1.165) is 17.8 Å². The summed E-state index contributed by atoms with van der Waals surface area (Å²) in [6.07, 6.45) is 11.2. The van der Waals surface area contributed by atoms with E-state index in [-0.39, 0.29) is 0 Å². The number of hydrogen-bond donors (Lipinski definition) is 0. The van der Waals surface area contributed by atoms with Gasteiger partial charge in [-0.05, 0) is 17.8 Å². The van der Waals surface area contributed by atoms with Crippen LogP contribution < -0.4 is 0 Å². The van der Waals surface area contributed by atoms with Gasteiger partial charge in [-0.15, -0.1) is 0 Å². The van der Waals surface area contributed by atoms with Crippen molar-refractivity contribution in [3.8, 4) is 0 Å². The van der Waals surface area contributed by atoms with Gasteiger partial charge >= 0.3 is 0 Å². The Hall–Kier alpha value is 0. The molecule has 0 aliphatic rings. The second-order valence-electron chi connectivity index (χ2n) is 5.48. The Kier molecular flexibility index (Phi) is 10.2. The van der Waals surface area contributed by atoms with Crippen molar-refractivity contribution in [1.82, 2.24) is 0 Å². The van der Waals surface area contributed by atoms with Crippen molar-refractivity contribution in [1.29, 1.82) is 0 Å². The lowest BCUT2D eigenvalue weighted by Crippen LogP contribution is -2.20. The molecule has 0 heterocycles. The molecule has 0 saturated heterocycles. The molecule has 0 aromatic carbocycles. The number of unbranched alkanes of at least 4 members (excludes halogenated alkanes) is 2. The molecule has 0 saturated carbocycles. The molecule has 0 amide bonds. The maximum absolute atomic E-state index is 2.51. The van der Waals surface area contributed by atoms with E-state index in [9.17, 15) is 0 Å². The van der Waals surface area contributed by atoms with E-state index in [0.29, 0.717) is 0 Å². The summed E-state index contributed by atoms with van der Waals surface area (Å²) in [4.78, 5) is 0. The molecule has 0 N–H and O–H groups in total. The summed E-state index contributed by atoms with van der Waals surface area (Å²) in [5, 5.41) is 0. The van der Waals surface area contributed by atoms with Crippen molar-refractivity contribution in [2.75, 3.05) is 0 Å². The fourth-order valence-electron chi connectivity index (χ4n) is 3.00. The summed E-state index contributed by atoms with van der Waals surface area (Å²) in [6, 6.07) is 0. The fourth-order valence-corrected chi connectivity index (χ4v) is 3.00. The normalized spacial score (nSPS) is 17.1. The lowest BCUT2D eigenvalue weighted by molar-refractivity contribution is 0.205. The standard InChI is InChI=1S/C16H34/c1-6-10-12-15(8-3)14(5)16(9-4)13-11-7-2/h14-16H,6-13H2,1-5H3. The van der Waals surface area contributed by atoms with E-state index in [1.807, 2.05) is 0 Å². The molecule has 0 aromatic rings. The zero-order valence-electron chi connectivity index (χ0n) is 12.4. The maximum atomic E-state index is 2.51. The van der Waals surface area contributed by atoms with Gasteiger partial charge in [0.2, 0.25) is 0 Å². The van der Waals surface area contributed by atoms with Gasteiger partial charge in [0, 0.05) is 0 Å². The van der Waals surface area contributed by atoms with E-state index in [1.54, 1.807) is 0 Å². The molecular weight excluding hydrogens is 192 g/mol. The monoisotopic (exact) mass is 226 g/mol. The molecule has 0 heteroatoms. The molecule has 0 aromatic heterocycles. The summed E-state index contributed by atoms with van der Waals surface area (Å²) in [5.41, 5.74) is 0. The number of hydrogen-bond acceptors (Lipinski definition) is 0. The largest absolute Gasteiger partial charge is 0.0654 e. The van der Waals surface area contributed by atoms with Crippen molar-refractivity contribution in [3.63, 3.8) is 0 Å². The Balaban J connectivity index is 4.14. The molecule has 0 nitrogen and oxygen atoms in total. The van der Waals surface area contributed by atoms with Gasteiger partial charge in [0.25, 0.3) is 0 Å². The van der Waals surface area contributed by atoms with Crippen LogP contribution in [0, 0.1) is 17.8 Å². The minimum Gasteiger partial charge on any atom is -0.0654 e. The molecule has 0 aliphatic carbocycles. The highest BCUT2D eigenvalue weighted by Gasteiger charge is 2.22. The first-order valence-corrected chi connectivity index (χ1v) is 7.71. The van der Waals surface area contributed by atoms with Gasteiger partial charge in [0.05, 0.1) is 0 Å². The lowest BCUT2D eigenvalue weighted by atomic mass is 9.76. The third-order valence-corrected chi connectivity index (χ3v) is 4.39. The molecule has 0 spiro atoms. The Morgan fingerprint density at radius 3 is 1.31 bits per heavy atom. The highest BCUT2D eigenvalue weighted by Crippen LogP contribution is 2.32. The van der Waals surface area contributed by atoms with Crippen molar-refractivity contribution >= 4 is 0 Å². The molecule has 16 heavy (non-hydrogen) atoms. The lowest BCUT2D eigenvalue weighted by Gasteiger charge is -2.30. The van der Waals surface area contributed by atoms with Crippen LogP contribution in [0.5, 0.6) is 0 Å². The minimum absolute atomic E-state index is 0.938. The third-order valence-electron chi connectivity index (χ3n) is 4.39. The average Bonchev–Trinajstić information content (AvgIpc) is 2.31. The number of rotatable bonds is 10. The molecule has 0 aliphatic heterocycles. The quantitative estimate of drug-likeness (QED) is 0.425. The van der Waals surface area contributed by atoms with Crippen LogP contribution in [0.1, 0.15) is 86.0 Å². The van der Waals surface area contributed by atoms with E-state index in [2.05, 4.69) is 34.6 Å². The zero-order valence-corrected chi connectivity index (χ0v) is 12.4. The molecule has 2 unspecified atom stereocenters. The Bertz CT molecular complexity index is 123. The van der Waals surface area contributed by atoms with E-state index in [4.69, 9.17) is 0 Å². The van der Waals surface area contributed by atoms with Crippen LogP contribution in [0.2, 0.25) is 0 Å². The third kappa shape index (κ3) is 5.92. The predicted octanol–water partition coefficient (Wildman–Crippen LogP) is 6.06. The molecule has 98 valence electrons. The van der Waals surface area contributed by atoms with Gasteiger partial charge in [-0.25, -0.2) is 0 Å². The van der Waals surface area contributed by atoms with Crippen LogP contribution in [0.3, 0.4) is 0 Å². The second-order valence-corrected chi connectivity index (χ2v) is 5.48. The minimum atomic E-state index is 0.938. The summed E-state index contributed by atoms with van der Waals surface area (Å²) in [5.74, 6) is 2.89. The summed E-state index contributed by atoms with van der Waals surface area (Å²) >= 11 is 0. The topological polar surface area (TPSA) is 0 Å². The molecule has 0 radical (unpaired) electrons. The van der Waals surface area contributed by atoms with Crippen LogP contribution in [0.15, 0.2) is 0 Å². The van der Waals surface area contributed by atoms with Crippen LogP contribution in [0.4, 0.5) is 0 Å². The van der Waals surface area contributed by atoms with Gasteiger partial charge in [0.1, 0.15) is 0 Å². The van der Waals surface area contributed by atoms with Crippen molar-refractivity contribution < 1.29 is 0 Å². The summed E-state index contributed by atoms with van der Waals surface area (Å²) in [6.45, 7) is 11.9. The Labute approximate surface area is 104 Å². The summed E-state index contributed by atoms with van der Waals surface area (Å²) in [7, 11) is 0. The molecule has 0 rings (SSSR count). The van der Waals surface area contributed by atoms with Crippen LogP contribution >= 0.6 is 0 Å². The highest BCUT2D eigenvalue weighted by molar-refractivity contribution is 4.72. The fraction of sp³-hybridized carbons (Fsp3) is 1.00. The first-order valence-electron chi connectivity index (χ1n) is 7.71. The van der Waals surface area contributed by atoms with Crippen molar-refractivity contribution in [2.24, 2.45) is 17.8 Å². The maximum Gasteiger partial charge on any atom is -0.0386 e. The predicted molar refractivity (Wildman–Crippen MR) is 75.8 cm³/mol. The van der Waals surface area contributed by atoms with E-state index < -0.39 is 0 Å². The Morgan fingerprint density at radius 2 is 1.06 bits per heavy atom. The molecular formula is C16H34. The molecule has 0 bridgehead atoms. The van der Waals surface area contributed by atoms with Crippen molar-refractivity contribution in [3.05, 3.63) is 0 Å². The zero-order chi connectivity index (χ0) is 12.4. The van der Waals surface area contributed by atoms with Gasteiger partial charge < -0.3 is 0 Å². The van der Waals surface area contributed by atoms with Gasteiger partial charge in [0.15, 0.2) is 0 Å². The summed E-state index contributed by atoms with van der Waals surface area (Å²) < 4.78 is 0. The smallest absolute Gasteiger partial charge is 0.0386 e. The first-order chi connectivity index (χ1) is 7.71. The van der Waals surface area contributed by atoms with Crippen LogP contribution in [-0.2, 0) is 0 Å². The van der Waals surface area contributed by atoms with Gasteiger partial charge in [-0.3, -0.25) is 0 Å². The van der Waals surface area contributed by atoms with Gasteiger partial charge in [-0.1, -0.05) is 86.0 Å². The van der Waals surface area contributed by atoms with Crippen molar-refractivity contribution in [2.45, 2.75) is 86.0 Å². The van der Waals surface area contributed by atoms with E-state index in [1.165, 1.54) is 51.4 Å². The highest BCUT2D eigenvalue weighted by atomic mass is 14.3. The molecule has 0 fully saturated rings. The molecule has 2 atom stereocenters. The Morgan fingerprint density at radius 1 is 0.688 bits per heavy atom. The van der Waals surface area contributed by atoms with Crippen LogP contribution in [0.25, 0.3) is 0 Å². The van der Waals surface area contributed by atoms with Gasteiger partial charge in [-0.2, -0.15) is 0 Å². The SMILES string of the molecule is CCCCC(CC)C(C)C(CC)CCCC. The van der Waals surface area contributed by atoms with Crippen LogP contribution in [-0.4, -0.2) is 0 Å². The van der Waals surface area contributed by atoms with E-state index >= 15 is 0 Å². The second kappa shape index (κ2) is 10.2. The average molecular weight is 226 g/mol.